The van der Waals surface area contributed by atoms with Gasteiger partial charge < -0.3 is 20.4 Å². The summed E-state index contributed by atoms with van der Waals surface area (Å²) in [6, 6.07) is 10.8. The maximum absolute atomic E-state index is 12.9. The molecule has 2 aromatic rings. The maximum atomic E-state index is 12.9. The minimum atomic E-state index is -0.635. The lowest BCUT2D eigenvalue weighted by Crippen LogP contribution is -2.52. The van der Waals surface area contributed by atoms with Gasteiger partial charge in [-0.15, -0.1) is 0 Å². The van der Waals surface area contributed by atoms with Crippen LogP contribution in [0.15, 0.2) is 48.5 Å². The molecule has 4 rings (SSSR count). The largest absolute Gasteiger partial charge is 0.344 e. The van der Waals surface area contributed by atoms with E-state index < -0.39 is 21.9 Å². The summed E-state index contributed by atoms with van der Waals surface area (Å²) in [5, 5.41) is 27.3. The van der Waals surface area contributed by atoms with E-state index in [0.29, 0.717) is 51.9 Å². The van der Waals surface area contributed by atoms with Crippen molar-refractivity contribution in [3.05, 3.63) is 79.9 Å². The summed E-state index contributed by atoms with van der Waals surface area (Å²) >= 11 is 0. The van der Waals surface area contributed by atoms with Crippen molar-refractivity contribution >= 4 is 35.0 Å². The third-order valence-corrected chi connectivity index (χ3v) is 7.83. The molecule has 2 heterocycles. The number of carbonyl (C=O) groups is 4. The van der Waals surface area contributed by atoms with Crippen LogP contribution in [0.4, 0.5) is 11.4 Å². The van der Waals surface area contributed by atoms with E-state index in [1.807, 2.05) is 0 Å². The highest BCUT2D eigenvalue weighted by Crippen LogP contribution is 2.20. The van der Waals surface area contributed by atoms with Crippen molar-refractivity contribution < 1.29 is 29.0 Å². The Kier molecular flexibility index (Phi) is 10.9. The summed E-state index contributed by atoms with van der Waals surface area (Å²) in [4.78, 5) is 75.0. The van der Waals surface area contributed by atoms with E-state index in [-0.39, 0.29) is 47.8 Å². The first kappa shape index (κ1) is 32.0. The molecule has 2 N–H and O–H groups in total. The number of carbonyl (C=O) groups excluding carboxylic acids is 4. The molecule has 0 aliphatic carbocycles. The standard InChI is InChI=1S/C30H36N6O8/c37-27(31-25-5-3-17-33(29(25)39)19-21-9-13-23(14-10-21)35(41)42)7-1-2-8-28(38)32-26-6-4-18-34(30(26)40)20-22-11-15-24(16-12-22)36(43)44/h9-16,25-26H,1-8,17-20H2,(H,31,37)(H,32,38). The number of unbranched alkanes of at least 4 members (excludes halogenated alkanes) is 1. The predicted molar refractivity (Wildman–Crippen MR) is 158 cm³/mol. The van der Waals surface area contributed by atoms with Crippen LogP contribution in [0, 0.1) is 20.2 Å². The highest BCUT2D eigenvalue weighted by molar-refractivity contribution is 5.89. The number of nitro groups is 2. The lowest BCUT2D eigenvalue weighted by Gasteiger charge is -2.33. The number of piperidine rings is 2. The van der Waals surface area contributed by atoms with Crippen LogP contribution in [0.5, 0.6) is 0 Å². The molecule has 44 heavy (non-hydrogen) atoms. The monoisotopic (exact) mass is 608 g/mol. The summed E-state index contributed by atoms with van der Waals surface area (Å²) in [5.41, 5.74) is 1.49. The van der Waals surface area contributed by atoms with Crippen molar-refractivity contribution in [1.82, 2.24) is 20.4 Å². The Morgan fingerprint density at radius 3 is 1.39 bits per heavy atom. The molecule has 0 spiro atoms. The Balaban J connectivity index is 1.15. The summed E-state index contributed by atoms with van der Waals surface area (Å²) in [7, 11) is 0. The van der Waals surface area contributed by atoms with Crippen molar-refractivity contribution in [2.24, 2.45) is 0 Å². The zero-order chi connectivity index (χ0) is 31.6. The number of benzene rings is 2. The second-order valence-corrected chi connectivity index (χ2v) is 11.1. The lowest BCUT2D eigenvalue weighted by molar-refractivity contribution is -0.385. The fourth-order valence-electron chi connectivity index (χ4n) is 5.45. The number of nitrogens with one attached hydrogen (secondary N) is 2. The van der Waals surface area contributed by atoms with Gasteiger partial charge in [0.15, 0.2) is 0 Å². The van der Waals surface area contributed by atoms with Gasteiger partial charge in [-0.1, -0.05) is 24.3 Å². The van der Waals surface area contributed by atoms with Gasteiger partial charge in [0.2, 0.25) is 23.6 Å². The van der Waals surface area contributed by atoms with E-state index in [1.165, 1.54) is 24.3 Å². The molecule has 2 unspecified atom stereocenters. The molecular formula is C30H36N6O8. The van der Waals surface area contributed by atoms with Crippen LogP contribution in [-0.2, 0) is 32.3 Å². The third-order valence-electron chi connectivity index (χ3n) is 7.83. The summed E-state index contributed by atoms with van der Waals surface area (Å²) in [6.45, 7) is 1.68. The molecule has 2 saturated heterocycles. The van der Waals surface area contributed by atoms with Gasteiger partial charge in [-0.3, -0.25) is 39.4 Å². The van der Waals surface area contributed by atoms with E-state index in [1.54, 1.807) is 34.1 Å². The van der Waals surface area contributed by atoms with Gasteiger partial charge in [0.1, 0.15) is 12.1 Å². The molecule has 0 saturated carbocycles. The highest BCUT2D eigenvalue weighted by atomic mass is 16.6. The van der Waals surface area contributed by atoms with Crippen molar-refractivity contribution in [2.45, 2.75) is 76.5 Å². The summed E-state index contributed by atoms with van der Waals surface area (Å²) < 4.78 is 0. The molecule has 0 aromatic heterocycles. The quantitative estimate of drug-likeness (QED) is 0.197. The Bertz CT molecular complexity index is 1280. The van der Waals surface area contributed by atoms with E-state index in [2.05, 4.69) is 10.6 Å². The van der Waals surface area contributed by atoms with Gasteiger partial charge >= 0.3 is 0 Å². The SMILES string of the molecule is O=C(CCCCC(=O)NC1CCCN(Cc2ccc([N+](=O)[O-])cc2)C1=O)NC1CCCN(Cc2ccc([N+](=O)[O-])cc2)C1=O. The van der Waals surface area contributed by atoms with E-state index in [0.717, 1.165) is 24.0 Å². The lowest BCUT2D eigenvalue weighted by atomic mass is 10.0. The van der Waals surface area contributed by atoms with Crippen LogP contribution in [0.2, 0.25) is 0 Å². The zero-order valence-corrected chi connectivity index (χ0v) is 24.3. The first-order valence-electron chi connectivity index (χ1n) is 14.7. The first-order chi connectivity index (χ1) is 21.1. The minimum Gasteiger partial charge on any atom is -0.344 e. The zero-order valence-electron chi connectivity index (χ0n) is 24.3. The molecule has 2 aromatic carbocycles. The molecule has 234 valence electrons. The van der Waals surface area contributed by atoms with E-state index >= 15 is 0 Å². The smallest absolute Gasteiger partial charge is 0.269 e. The molecule has 0 bridgehead atoms. The van der Waals surface area contributed by atoms with Gasteiger partial charge in [-0.2, -0.15) is 0 Å². The van der Waals surface area contributed by atoms with E-state index in [4.69, 9.17) is 0 Å². The van der Waals surface area contributed by atoms with Gasteiger partial charge in [-0.25, -0.2) is 0 Å². The fraction of sp³-hybridized carbons (Fsp3) is 0.467. The number of amides is 4. The third kappa shape index (κ3) is 8.82. The van der Waals surface area contributed by atoms with Crippen LogP contribution >= 0.6 is 0 Å². The highest BCUT2D eigenvalue weighted by Gasteiger charge is 2.31. The molecule has 2 aliphatic heterocycles. The molecule has 14 nitrogen and oxygen atoms in total. The van der Waals surface area contributed by atoms with Crippen LogP contribution < -0.4 is 10.6 Å². The van der Waals surface area contributed by atoms with Crippen LogP contribution in [0.25, 0.3) is 0 Å². The summed E-state index contributed by atoms with van der Waals surface area (Å²) in [6.07, 6.45) is 3.69. The van der Waals surface area contributed by atoms with Crippen molar-refractivity contribution in [3.63, 3.8) is 0 Å². The van der Waals surface area contributed by atoms with Crippen LogP contribution in [0.1, 0.15) is 62.5 Å². The number of likely N-dealkylation sites (tertiary alicyclic amines) is 2. The Morgan fingerprint density at radius 2 is 1.05 bits per heavy atom. The van der Waals surface area contributed by atoms with Gasteiger partial charge in [0.25, 0.3) is 11.4 Å². The molecular weight excluding hydrogens is 572 g/mol. The fourth-order valence-corrected chi connectivity index (χ4v) is 5.45. The molecule has 2 fully saturated rings. The Morgan fingerprint density at radius 1 is 0.682 bits per heavy atom. The Labute approximate surface area is 254 Å². The first-order valence-corrected chi connectivity index (χ1v) is 14.7. The number of rotatable bonds is 13. The van der Waals surface area contributed by atoms with Gasteiger partial charge in [0, 0.05) is 63.3 Å². The molecule has 2 aliphatic rings. The van der Waals surface area contributed by atoms with E-state index in [9.17, 15) is 39.4 Å². The predicted octanol–water partition coefficient (Wildman–Crippen LogP) is 2.98. The molecule has 14 heteroatoms. The second-order valence-electron chi connectivity index (χ2n) is 11.1. The Hall–Kier alpha value is -4.88. The van der Waals surface area contributed by atoms with Gasteiger partial charge in [0.05, 0.1) is 9.85 Å². The normalized spacial score (nSPS) is 18.5. The van der Waals surface area contributed by atoms with Gasteiger partial charge in [-0.05, 0) is 49.7 Å². The number of hydrogen-bond donors (Lipinski definition) is 2. The average Bonchev–Trinajstić information content (AvgIpc) is 3.00. The van der Waals surface area contributed by atoms with Crippen molar-refractivity contribution in [2.75, 3.05) is 13.1 Å². The van der Waals surface area contributed by atoms with Crippen molar-refractivity contribution in [3.8, 4) is 0 Å². The molecule has 4 amide bonds. The molecule has 2 atom stereocenters. The minimum absolute atomic E-state index is 0.0210. The maximum Gasteiger partial charge on any atom is 0.269 e. The van der Waals surface area contributed by atoms with Crippen LogP contribution in [-0.4, -0.2) is 68.4 Å². The molecule has 0 radical (unpaired) electrons. The number of non-ortho nitro benzene ring substituents is 2. The topological polar surface area (TPSA) is 185 Å². The number of hydrogen-bond acceptors (Lipinski definition) is 8. The number of nitro benzene ring substituents is 2. The second kappa shape index (κ2) is 15.0. The number of nitrogens with zero attached hydrogens (tertiary/aromatic N) is 4. The van der Waals surface area contributed by atoms with Crippen molar-refractivity contribution in [1.29, 1.82) is 0 Å². The average molecular weight is 609 g/mol. The summed E-state index contributed by atoms with van der Waals surface area (Å²) in [5.74, 6) is -0.931. The van der Waals surface area contributed by atoms with Crippen LogP contribution in [0.3, 0.4) is 0 Å².